The van der Waals surface area contributed by atoms with Crippen LogP contribution in [0.3, 0.4) is 0 Å². The lowest BCUT2D eigenvalue weighted by Crippen LogP contribution is -2.40. The van der Waals surface area contributed by atoms with Gasteiger partial charge < -0.3 is 14.2 Å². The Hall–Kier alpha value is -2.53. The van der Waals surface area contributed by atoms with E-state index in [2.05, 4.69) is 12.2 Å². The van der Waals surface area contributed by atoms with E-state index >= 15 is 0 Å². The second-order valence-electron chi connectivity index (χ2n) is 6.66. The number of unbranched alkanes of at least 4 members (excludes halogenated alkanes) is 4. The van der Waals surface area contributed by atoms with E-state index in [9.17, 15) is 4.79 Å². The fraction of sp³-hybridized carbons (Fsp3) is 0.435. The average molecular weight is 386 g/mol. The number of amides is 1. The fourth-order valence-electron chi connectivity index (χ4n) is 2.71. The Morgan fingerprint density at radius 1 is 0.929 bits per heavy atom. The molecule has 5 nitrogen and oxygen atoms in total. The molecule has 0 aliphatic heterocycles. The predicted molar refractivity (Wildman–Crippen MR) is 110 cm³/mol. The third-order valence-corrected chi connectivity index (χ3v) is 4.32. The molecule has 1 N–H and O–H groups in total. The first-order valence-corrected chi connectivity index (χ1v) is 9.97. The van der Waals surface area contributed by atoms with E-state index in [1.807, 2.05) is 42.5 Å². The van der Waals surface area contributed by atoms with Gasteiger partial charge in [-0.25, -0.2) is 0 Å². The molecule has 0 aliphatic rings. The van der Waals surface area contributed by atoms with E-state index < -0.39 is 6.41 Å². The number of hydrogen-bond donors (Lipinski definition) is 1. The summed E-state index contributed by atoms with van der Waals surface area (Å²) in [4.78, 5) is 12.0. The minimum atomic E-state index is -0.806. The molecule has 152 valence electrons. The molecule has 1 unspecified atom stereocenters. The number of ether oxygens (including phenoxy) is 3. The maximum absolute atomic E-state index is 12.0. The van der Waals surface area contributed by atoms with E-state index in [4.69, 9.17) is 14.2 Å². The molecular formula is C23H31NO4. The standard InChI is InChI=1S/C23H31NO4/c1-3-4-5-6-10-13-22(25)24-23(26-2)28-21-16-14-20(15-17-21)27-18-19-11-8-7-9-12-19/h7-9,11-12,14-17,23H,3-6,10,13,18H2,1-2H3,(H,24,25). The maximum atomic E-state index is 12.0. The number of hydrogen-bond acceptors (Lipinski definition) is 4. The van der Waals surface area contributed by atoms with Crippen LogP contribution in [0.15, 0.2) is 54.6 Å². The normalized spacial score (nSPS) is 11.6. The van der Waals surface area contributed by atoms with Gasteiger partial charge in [0, 0.05) is 13.5 Å². The van der Waals surface area contributed by atoms with Gasteiger partial charge >= 0.3 is 0 Å². The summed E-state index contributed by atoms with van der Waals surface area (Å²) >= 11 is 0. The van der Waals surface area contributed by atoms with Crippen molar-refractivity contribution in [3.63, 3.8) is 0 Å². The van der Waals surface area contributed by atoms with Gasteiger partial charge in [-0.2, -0.15) is 0 Å². The summed E-state index contributed by atoms with van der Waals surface area (Å²) in [5.74, 6) is 1.29. The zero-order chi connectivity index (χ0) is 20.0. The third-order valence-electron chi connectivity index (χ3n) is 4.32. The average Bonchev–Trinajstić information content (AvgIpc) is 2.73. The Kier molecular flexibility index (Phi) is 9.94. The number of nitrogens with one attached hydrogen (secondary N) is 1. The molecule has 2 rings (SSSR count). The van der Waals surface area contributed by atoms with Gasteiger partial charge in [0.25, 0.3) is 6.41 Å². The summed E-state index contributed by atoms with van der Waals surface area (Å²) in [5.41, 5.74) is 1.11. The molecule has 0 saturated heterocycles. The Balaban J connectivity index is 1.73. The smallest absolute Gasteiger partial charge is 0.283 e. The summed E-state index contributed by atoms with van der Waals surface area (Å²) in [7, 11) is 1.50. The minimum Gasteiger partial charge on any atom is -0.489 e. The van der Waals surface area contributed by atoms with E-state index in [0.717, 1.165) is 24.2 Å². The van der Waals surface area contributed by atoms with Crippen molar-refractivity contribution in [3.05, 3.63) is 60.2 Å². The Bertz CT molecular complexity index is 673. The predicted octanol–water partition coefficient (Wildman–Crippen LogP) is 5.05. The van der Waals surface area contributed by atoms with Gasteiger partial charge in [0.15, 0.2) is 0 Å². The number of methoxy groups -OCH3 is 1. The fourth-order valence-corrected chi connectivity index (χ4v) is 2.71. The van der Waals surface area contributed by atoms with Gasteiger partial charge in [0.1, 0.15) is 18.1 Å². The van der Waals surface area contributed by atoms with Crippen LogP contribution < -0.4 is 14.8 Å². The molecule has 0 aliphatic carbocycles. The largest absolute Gasteiger partial charge is 0.489 e. The quantitative estimate of drug-likeness (QED) is 0.387. The summed E-state index contributed by atoms with van der Waals surface area (Å²) < 4.78 is 16.7. The maximum Gasteiger partial charge on any atom is 0.283 e. The molecule has 0 saturated carbocycles. The summed E-state index contributed by atoms with van der Waals surface area (Å²) in [5, 5.41) is 2.75. The van der Waals surface area contributed by atoms with Gasteiger partial charge in [0.2, 0.25) is 5.91 Å². The molecule has 0 spiro atoms. The van der Waals surface area contributed by atoms with Gasteiger partial charge in [-0.1, -0.05) is 62.9 Å². The molecule has 1 amide bonds. The van der Waals surface area contributed by atoms with Crippen molar-refractivity contribution in [2.45, 2.75) is 58.5 Å². The Morgan fingerprint density at radius 2 is 1.61 bits per heavy atom. The lowest BCUT2D eigenvalue weighted by molar-refractivity contribution is -0.135. The molecule has 0 aromatic heterocycles. The molecule has 0 fully saturated rings. The Morgan fingerprint density at radius 3 is 2.29 bits per heavy atom. The monoisotopic (exact) mass is 385 g/mol. The molecule has 2 aromatic carbocycles. The van der Waals surface area contributed by atoms with Crippen LogP contribution in [-0.4, -0.2) is 19.4 Å². The second kappa shape index (κ2) is 12.8. The van der Waals surface area contributed by atoms with Gasteiger partial charge in [-0.05, 0) is 36.2 Å². The van der Waals surface area contributed by atoms with Crippen molar-refractivity contribution in [1.29, 1.82) is 0 Å². The Labute approximate surface area is 168 Å². The molecule has 0 heterocycles. The van der Waals surface area contributed by atoms with Gasteiger partial charge in [0.05, 0.1) is 0 Å². The van der Waals surface area contributed by atoms with E-state index in [-0.39, 0.29) is 5.91 Å². The lowest BCUT2D eigenvalue weighted by Gasteiger charge is -2.18. The molecule has 2 aromatic rings. The highest BCUT2D eigenvalue weighted by Gasteiger charge is 2.12. The van der Waals surface area contributed by atoms with Crippen LogP contribution in [0.5, 0.6) is 11.5 Å². The zero-order valence-corrected chi connectivity index (χ0v) is 16.9. The number of rotatable bonds is 13. The van der Waals surface area contributed by atoms with E-state index in [0.29, 0.717) is 18.8 Å². The topological polar surface area (TPSA) is 56.8 Å². The summed E-state index contributed by atoms with van der Waals surface area (Å²) in [6.45, 7) is 2.69. The lowest BCUT2D eigenvalue weighted by atomic mass is 10.1. The van der Waals surface area contributed by atoms with Crippen LogP contribution in [0.4, 0.5) is 0 Å². The molecule has 1 atom stereocenters. The highest BCUT2D eigenvalue weighted by molar-refractivity contribution is 5.75. The van der Waals surface area contributed by atoms with E-state index in [1.165, 1.54) is 26.4 Å². The second-order valence-corrected chi connectivity index (χ2v) is 6.66. The molecule has 5 heteroatoms. The summed E-state index contributed by atoms with van der Waals surface area (Å²) in [6.07, 6.45) is 5.23. The first-order valence-electron chi connectivity index (χ1n) is 9.97. The van der Waals surface area contributed by atoms with Gasteiger partial charge in [-0.3, -0.25) is 10.1 Å². The van der Waals surface area contributed by atoms with Crippen molar-refractivity contribution in [1.82, 2.24) is 5.32 Å². The van der Waals surface area contributed by atoms with Crippen molar-refractivity contribution < 1.29 is 19.0 Å². The van der Waals surface area contributed by atoms with Gasteiger partial charge in [-0.15, -0.1) is 0 Å². The van der Waals surface area contributed by atoms with Crippen molar-refractivity contribution in [3.8, 4) is 11.5 Å². The highest BCUT2D eigenvalue weighted by atomic mass is 16.7. The van der Waals surface area contributed by atoms with Crippen LogP contribution in [0.25, 0.3) is 0 Å². The molecule has 0 radical (unpaired) electrons. The van der Waals surface area contributed by atoms with Crippen LogP contribution in [-0.2, 0) is 16.1 Å². The number of carbonyl (C=O) groups is 1. The molecular weight excluding hydrogens is 354 g/mol. The summed E-state index contributed by atoms with van der Waals surface area (Å²) in [6, 6.07) is 17.3. The first kappa shape index (κ1) is 21.8. The highest BCUT2D eigenvalue weighted by Crippen LogP contribution is 2.19. The van der Waals surface area contributed by atoms with Crippen LogP contribution in [0.1, 0.15) is 51.0 Å². The SMILES string of the molecule is CCCCCCCC(=O)NC(OC)Oc1ccc(OCc2ccccc2)cc1. The van der Waals surface area contributed by atoms with E-state index in [1.54, 1.807) is 12.1 Å². The molecule has 28 heavy (non-hydrogen) atoms. The van der Waals surface area contributed by atoms with Crippen LogP contribution in [0.2, 0.25) is 0 Å². The molecule has 0 bridgehead atoms. The van der Waals surface area contributed by atoms with Crippen LogP contribution >= 0.6 is 0 Å². The first-order chi connectivity index (χ1) is 13.7. The number of benzene rings is 2. The van der Waals surface area contributed by atoms with Crippen LogP contribution in [0, 0.1) is 0 Å². The zero-order valence-electron chi connectivity index (χ0n) is 16.9. The minimum absolute atomic E-state index is 0.0637. The third kappa shape index (κ3) is 8.44. The number of carbonyl (C=O) groups excluding carboxylic acids is 1. The van der Waals surface area contributed by atoms with Crippen molar-refractivity contribution in [2.24, 2.45) is 0 Å². The van der Waals surface area contributed by atoms with Crippen molar-refractivity contribution in [2.75, 3.05) is 7.11 Å². The van der Waals surface area contributed by atoms with Crippen molar-refractivity contribution >= 4 is 5.91 Å².